The fraction of sp³-hybridized carbons (Fsp3) is 0.263. The first-order valence-corrected chi connectivity index (χ1v) is 8.97. The van der Waals surface area contributed by atoms with E-state index >= 15 is 0 Å². The number of hydrogen-bond donors (Lipinski definition) is 1. The first kappa shape index (κ1) is 19.3. The van der Waals surface area contributed by atoms with E-state index in [9.17, 15) is 9.59 Å². The van der Waals surface area contributed by atoms with Crippen LogP contribution in [0.4, 0.5) is 4.79 Å². The van der Waals surface area contributed by atoms with Gasteiger partial charge in [-0.05, 0) is 43.3 Å². The van der Waals surface area contributed by atoms with Gasteiger partial charge in [0.25, 0.3) is 5.91 Å². The van der Waals surface area contributed by atoms with Gasteiger partial charge in [-0.15, -0.1) is 0 Å². The third-order valence-electron chi connectivity index (χ3n) is 4.39. The molecule has 0 aliphatic carbocycles. The molecule has 8 heteroatoms. The zero-order valence-corrected chi connectivity index (χ0v) is 16.3. The fourth-order valence-corrected chi connectivity index (χ4v) is 3.50. The zero-order valence-electron chi connectivity index (χ0n) is 14.8. The van der Waals surface area contributed by atoms with Crippen LogP contribution in [0.25, 0.3) is 0 Å². The average Bonchev–Trinajstić information content (AvgIpc) is 2.85. The molecule has 1 atom stereocenters. The number of nitrogens with one attached hydrogen (secondary N) is 1. The molecule has 0 aromatic heterocycles. The van der Waals surface area contributed by atoms with Crippen molar-refractivity contribution >= 4 is 35.1 Å². The van der Waals surface area contributed by atoms with Gasteiger partial charge in [0.2, 0.25) is 0 Å². The molecule has 0 spiro atoms. The molecule has 3 amide bonds. The molecule has 1 heterocycles. The van der Waals surface area contributed by atoms with Gasteiger partial charge < -0.3 is 14.8 Å². The summed E-state index contributed by atoms with van der Waals surface area (Å²) in [6, 6.07) is 11.4. The van der Waals surface area contributed by atoms with E-state index in [1.165, 1.54) is 0 Å². The molecule has 0 unspecified atom stereocenters. The highest BCUT2D eigenvalue weighted by Crippen LogP contribution is 2.34. The van der Waals surface area contributed by atoms with Gasteiger partial charge in [0, 0.05) is 15.6 Å². The third kappa shape index (κ3) is 3.82. The molecule has 2 aromatic carbocycles. The molecule has 2 aromatic rings. The molecule has 0 saturated carbocycles. The molecule has 3 rings (SSSR count). The van der Waals surface area contributed by atoms with Gasteiger partial charge in [0.1, 0.15) is 23.6 Å². The molecular formula is C19H18Cl2N2O4. The van der Waals surface area contributed by atoms with Crippen LogP contribution in [0.2, 0.25) is 10.0 Å². The molecular weight excluding hydrogens is 391 g/mol. The molecule has 1 N–H and O–H groups in total. The second kappa shape index (κ2) is 7.66. The molecule has 6 nitrogen and oxygen atoms in total. The van der Waals surface area contributed by atoms with Crippen LogP contribution < -0.4 is 14.8 Å². The highest BCUT2D eigenvalue weighted by Gasteiger charge is 2.49. The van der Waals surface area contributed by atoms with Gasteiger partial charge in [0.15, 0.2) is 0 Å². The Balaban J connectivity index is 1.68. The van der Waals surface area contributed by atoms with Crippen molar-refractivity contribution in [2.45, 2.75) is 12.5 Å². The van der Waals surface area contributed by atoms with Gasteiger partial charge in [0.05, 0.1) is 13.7 Å². The maximum absolute atomic E-state index is 12.9. The van der Waals surface area contributed by atoms with Crippen LogP contribution in [-0.4, -0.2) is 37.1 Å². The summed E-state index contributed by atoms with van der Waals surface area (Å²) in [7, 11) is 1.58. The maximum atomic E-state index is 12.9. The molecule has 0 radical (unpaired) electrons. The lowest BCUT2D eigenvalue weighted by Crippen LogP contribution is -2.41. The van der Waals surface area contributed by atoms with Gasteiger partial charge in [-0.1, -0.05) is 29.3 Å². The molecule has 1 aliphatic rings. The van der Waals surface area contributed by atoms with Crippen LogP contribution in [0.15, 0.2) is 42.5 Å². The van der Waals surface area contributed by atoms with Gasteiger partial charge in [-0.2, -0.15) is 0 Å². The highest BCUT2D eigenvalue weighted by molar-refractivity contribution is 6.35. The monoisotopic (exact) mass is 408 g/mol. The normalized spacial score (nSPS) is 19.2. The minimum atomic E-state index is -1.25. The summed E-state index contributed by atoms with van der Waals surface area (Å²) in [6.45, 7) is 1.89. The lowest BCUT2D eigenvalue weighted by molar-refractivity contribution is -0.131. The SMILES string of the molecule is COc1ccc(OCCN2C(=O)N[C@](C)(c3ccc(Cl)cc3Cl)C2=O)cc1. The van der Waals surface area contributed by atoms with Crippen LogP contribution in [0.1, 0.15) is 12.5 Å². The summed E-state index contributed by atoms with van der Waals surface area (Å²) < 4.78 is 10.7. The van der Waals surface area contributed by atoms with E-state index in [0.717, 1.165) is 4.90 Å². The van der Waals surface area contributed by atoms with Crippen molar-refractivity contribution in [2.75, 3.05) is 20.3 Å². The lowest BCUT2D eigenvalue weighted by Gasteiger charge is -2.23. The van der Waals surface area contributed by atoms with Gasteiger partial charge >= 0.3 is 6.03 Å². The number of carbonyl (C=O) groups excluding carboxylic acids is 2. The Hall–Kier alpha value is -2.44. The first-order chi connectivity index (χ1) is 12.8. The second-order valence-electron chi connectivity index (χ2n) is 6.16. The predicted molar refractivity (Wildman–Crippen MR) is 103 cm³/mol. The lowest BCUT2D eigenvalue weighted by atomic mass is 9.92. The van der Waals surface area contributed by atoms with Crippen LogP contribution in [0.5, 0.6) is 11.5 Å². The third-order valence-corrected chi connectivity index (χ3v) is 4.94. The van der Waals surface area contributed by atoms with Crippen molar-refractivity contribution in [3.8, 4) is 11.5 Å². The van der Waals surface area contributed by atoms with Crippen LogP contribution >= 0.6 is 23.2 Å². The molecule has 142 valence electrons. The standard InChI is InChI=1S/C19H18Cl2N2O4/c1-19(15-8-3-12(20)11-16(15)21)17(24)23(18(25)22-19)9-10-27-14-6-4-13(26-2)5-7-14/h3-8,11H,9-10H2,1-2H3,(H,22,25)/t19-/m1/s1. The van der Waals surface area contributed by atoms with Crippen molar-refractivity contribution in [1.29, 1.82) is 0 Å². The van der Waals surface area contributed by atoms with E-state index < -0.39 is 17.5 Å². The molecule has 1 saturated heterocycles. The summed E-state index contributed by atoms with van der Waals surface area (Å²) in [6.07, 6.45) is 0. The van der Waals surface area contributed by atoms with Crippen LogP contribution in [0, 0.1) is 0 Å². The number of halogens is 2. The van der Waals surface area contributed by atoms with Gasteiger partial charge in [-0.3, -0.25) is 9.69 Å². The smallest absolute Gasteiger partial charge is 0.325 e. The van der Waals surface area contributed by atoms with Crippen molar-refractivity contribution in [1.82, 2.24) is 10.2 Å². The van der Waals surface area contributed by atoms with Crippen molar-refractivity contribution in [3.63, 3.8) is 0 Å². The quantitative estimate of drug-likeness (QED) is 0.737. The van der Waals surface area contributed by atoms with Crippen LogP contribution in [-0.2, 0) is 10.3 Å². The number of ether oxygens (including phenoxy) is 2. The minimum Gasteiger partial charge on any atom is -0.497 e. The summed E-state index contributed by atoms with van der Waals surface area (Å²) in [5.41, 5.74) is -0.760. The zero-order chi connectivity index (χ0) is 19.6. The average molecular weight is 409 g/mol. The maximum Gasteiger partial charge on any atom is 0.325 e. The minimum absolute atomic E-state index is 0.109. The highest BCUT2D eigenvalue weighted by atomic mass is 35.5. The topological polar surface area (TPSA) is 67.9 Å². The number of amides is 3. The predicted octanol–water partition coefficient (Wildman–Crippen LogP) is 3.85. The summed E-state index contributed by atoms with van der Waals surface area (Å²) in [5.74, 6) is 0.938. The number of methoxy groups -OCH3 is 1. The van der Waals surface area contributed by atoms with E-state index in [1.807, 2.05) is 0 Å². The van der Waals surface area contributed by atoms with Crippen molar-refractivity contribution in [2.24, 2.45) is 0 Å². The Bertz CT molecular complexity index is 873. The van der Waals surface area contributed by atoms with E-state index in [1.54, 1.807) is 56.5 Å². The molecule has 27 heavy (non-hydrogen) atoms. The first-order valence-electron chi connectivity index (χ1n) is 8.21. The number of carbonyl (C=O) groups is 2. The van der Waals surface area contributed by atoms with E-state index in [-0.39, 0.29) is 13.2 Å². The summed E-state index contributed by atoms with van der Waals surface area (Å²) in [4.78, 5) is 26.3. The Morgan fingerprint density at radius 1 is 1.07 bits per heavy atom. The second-order valence-corrected chi connectivity index (χ2v) is 7.00. The number of hydrogen-bond acceptors (Lipinski definition) is 4. The van der Waals surface area contributed by atoms with E-state index in [2.05, 4.69) is 5.32 Å². The Morgan fingerprint density at radius 3 is 2.37 bits per heavy atom. The fourth-order valence-electron chi connectivity index (χ4n) is 2.90. The Morgan fingerprint density at radius 2 is 1.74 bits per heavy atom. The number of urea groups is 1. The number of imide groups is 1. The van der Waals surface area contributed by atoms with Crippen molar-refractivity contribution < 1.29 is 19.1 Å². The summed E-state index contributed by atoms with van der Waals surface area (Å²) >= 11 is 12.1. The number of rotatable bonds is 6. The Kier molecular flexibility index (Phi) is 5.48. The van der Waals surface area contributed by atoms with Crippen LogP contribution in [0.3, 0.4) is 0 Å². The summed E-state index contributed by atoms with van der Waals surface area (Å²) in [5, 5.41) is 3.48. The molecule has 1 fully saturated rings. The number of benzene rings is 2. The molecule has 0 bridgehead atoms. The molecule has 1 aliphatic heterocycles. The Labute approximate surface area is 167 Å². The van der Waals surface area contributed by atoms with Gasteiger partial charge in [-0.25, -0.2) is 4.79 Å². The van der Waals surface area contributed by atoms with E-state index in [4.69, 9.17) is 32.7 Å². The van der Waals surface area contributed by atoms with E-state index in [0.29, 0.717) is 27.1 Å². The van der Waals surface area contributed by atoms with Crippen molar-refractivity contribution in [3.05, 3.63) is 58.1 Å². The number of nitrogens with zero attached hydrogens (tertiary/aromatic N) is 1. The largest absolute Gasteiger partial charge is 0.497 e.